The highest BCUT2D eigenvalue weighted by Crippen LogP contribution is 2.33. The highest BCUT2D eigenvalue weighted by Gasteiger charge is 2.50. The van der Waals surface area contributed by atoms with Crippen LogP contribution in [-0.4, -0.2) is 19.5 Å². The molecule has 0 unspecified atom stereocenters. The summed E-state index contributed by atoms with van der Waals surface area (Å²) in [5.74, 6) is 0. The fourth-order valence-electron chi connectivity index (χ4n) is 1.21. The van der Waals surface area contributed by atoms with Crippen molar-refractivity contribution in [3.63, 3.8) is 0 Å². The zero-order valence-electron chi connectivity index (χ0n) is 8.89. The molecule has 0 saturated heterocycles. The van der Waals surface area contributed by atoms with E-state index >= 15 is 0 Å². The molecule has 0 heterocycles. The van der Waals surface area contributed by atoms with Gasteiger partial charge in [-0.2, -0.15) is 21.6 Å². The Hall–Kier alpha value is -0.300. The van der Waals surface area contributed by atoms with Crippen molar-refractivity contribution in [3.8, 4) is 0 Å². The molecule has 0 aromatic heterocycles. The molecule has 0 fully saturated rings. The summed E-state index contributed by atoms with van der Waals surface area (Å²) >= 11 is 0. The summed E-state index contributed by atoms with van der Waals surface area (Å²) in [5.41, 5.74) is -6.59. The second-order valence-corrected chi connectivity index (χ2v) is 4.76. The van der Waals surface area contributed by atoms with Crippen molar-refractivity contribution in [3.05, 3.63) is 0 Å². The SMILES string of the molecule is CCC(CC)(CC)OS(=O)(=O)C(F)(F)F. The molecule has 0 radical (unpaired) electrons. The third-order valence-corrected chi connectivity index (χ3v) is 3.64. The molecule has 15 heavy (non-hydrogen) atoms. The van der Waals surface area contributed by atoms with E-state index in [9.17, 15) is 21.6 Å². The van der Waals surface area contributed by atoms with Crippen molar-refractivity contribution in [1.29, 1.82) is 0 Å². The minimum absolute atomic E-state index is 0.218. The quantitative estimate of drug-likeness (QED) is 0.555. The van der Waals surface area contributed by atoms with Crippen LogP contribution in [-0.2, 0) is 14.3 Å². The van der Waals surface area contributed by atoms with Gasteiger partial charge in [0.25, 0.3) is 0 Å². The van der Waals surface area contributed by atoms with Crippen molar-refractivity contribution < 1.29 is 25.8 Å². The van der Waals surface area contributed by atoms with E-state index in [-0.39, 0.29) is 19.3 Å². The summed E-state index contributed by atoms with van der Waals surface area (Å²) in [6.45, 7) is 4.79. The maximum absolute atomic E-state index is 12.1. The molecule has 0 rings (SSSR count). The Balaban J connectivity index is 5.00. The molecule has 0 bridgehead atoms. The van der Waals surface area contributed by atoms with Crippen LogP contribution in [0.3, 0.4) is 0 Å². The van der Waals surface area contributed by atoms with E-state index in [1.165, 1.54) is 0 Å². The van der Waals surface area contributed by atoms with Crippen LogP contribution in [0, 0.1) is 0 Å². The van der Waals surface area contributed by atoms with E-state index in [1.54, 1.807) is 20.8 Å². The average molecular weight is 248 g/mol. The van der Waals surface area contributed by atoms with Gasteiger partial charge >= 0.3 is 15.6 Å². The van der Waals surface area contributed by atoms with E-state index < -0.39 is 21.2 Å². The van der Waals surface area contributed by atoms with Crippen molar-refractivity contribution in [2.75, 3.05) is 0 Å². The monoisotopic (exact) mass is 248 g/mol. The lowest BCUT2D eigenvalue weighted by atomic mass is 9.95. The van der Waals surface area contributed by atoms with Gasteiger partial charge < -0.3 is 0 Å². The molecule has 0 spiro atoms. The summed E-state index contributed by atoms with van der Waals surface area (Å²) in [6, 6.07) is 0. The van der Waals surface area contributed by atoms with Gasteiger partial charge in [-0.3, -0.25) is 4.18 Å². The van der Waals surface area contributed by atoms with E-state index in [1.807, 2.05) is 0 Å². The third kappa shape index (κ3) is 3.34. The summed E-state index contributed by atoms with van der Waals surface area (Å²) in [6.07, 6.45) is 0.653. The van der Waals surface area contributed by atoms with Gasteiger partial charge in [-0.25, -0.2) is 0 Å². The fraction of sp³-hybridized carbons (Fsp3) is 1.00. The Morgan fingerprint density at radius 2 is 1.33 bits per heavy atom. The van der Waals surface area contributed by atoms with Gasteiger partial charge in [0.1, 0.15) is 0 Å². The van der Waals surface area contributed by atoms with Gasteiger partial charge in [0.05, 0.1) is 5.60 Å². The van der Waals surface area contributed by atoms with Gasteiger partial charge in [0.15, 0.2) is 0 Å². The van der Waals surface area contributed by atoms with Gasteiger partial charge in [0.2, 0.25) is 0 Å². The molecule has 0 aliphatic rings. The van der Waals surface area contributed by atoms with Crippen molar-refractivity contribution in [1.82, 2.24) is 0 Å². The van der Waals surface area contributed by atoms with Crippen LogP contribution < -0.4 is 0 Å². The summed E-state index contributed by atoms with van der Waals surface area (Å²) in [5, 5.41) is 0. The topological polar surface area (TPSA) is 43.4 Å². The molecule has 0 atom stereocenters. The standard InChI is InChI=1S/C8H15F3O3S/c1-4-7(5-2,6-3)14-15(12,13)8(9,10)11/h4-6H2,1-3H3. The summed E-state index contributed by atoms with van der Waals surface area (Å²) in [7, 11) is -5.49. The average Bonchev–Trinajstić information content (AvgIpc) is 2.12. The number of halogens is 3. The van der Waals surface area contributed by atoms with Crippen LogP contribution in [0.25, 0.3) is 0 Å². The molecule has 0 aliphatic carbocycles. The predicted molar refractivity (Wildman–Crippen MR) is 49.7 cm³/mol. The first kappa shape index (κ1) is 14.7. The lowest BCUT2D eigenvalue weighted by Crippen LogP contribution is -2.38. The zero-order chi connectivity index (χ0) is 12.3. The van der Waals surface area contributed by atoms with Gasteiger partial charge in [-0.05, 0) is 19.3 Å². The maximum Gasteiger partial charge on any atom is 0.523 e. The van der Waals surface area contributed by atoms with Crippen LogP contribution in [0.4, 0.5) is 13.2 Å². The van der Waals surface area contributed by atoms with Crippen LogP contribution in [0.1, 0.15) is 40.0 Å². The lowest BCUT2D eigenvalue weighted by Gasteiger charge is -2.29. The van der Waals surface area contributed by atoms with Crippen LogP contribution in [0.5, 0.6) is 0 Å². The molecule has 0 aromatic rings. The van der Waals surface area contributed by atoms with Gasteiger partial charge in [-0.1, -0.05) is 20.8 Å². The first-order valence-corrected chi connectivity index (χ1v) is 6.07. The van der Waals surface area contributed by atoms with Crippen LogP contribution in [0.2, 0.25) is 0 Å². The minimum atomic E-state index is -5.49. The van der Waals surface area contributed by atoms with Crippen molar-refractivity contribution >= 4 is 10.1 Å². The Bertz CT molecular complexity index is 282. The minimum Gasteiger partial charge on any atom is -0.257 e. The largest absolute Gasteiger partial charge is 0.523 e. The molecular weight excluding hydrogens is 233 g/mol. The van der Waals surface area contributed by atoms with Crippen molar-refractivity contribution in [2.45, 2.75) is 51.1 Å². The highest BCUT2D eigenvalue weighted by molar-refractivity contribution is 7.87. The van der Waals surface area contributed by atoms with Gasteiger partial charge in [-0.15, -0.1) is 0 Å². The molecule has 0 saturated carbocycles. The number of hydrogen-bond acceptors (Lipinski definition) is 3. The van der Waals surface area contributed by atoms with E-state index in [0.29, 0.717) is 0 Å². The molecule has 3 nitrogen and oxygen atoms in total. The fourth-order valence-corrected chi connectivity index (χ4v) is 2.12. The highest BCUT2D eigenvalue weighted by atomic mass is 32.2. The molecule has 0 aliphatic heterocycles. The third-order valence-electron chi connectivity index (χ3n) is 2.50. The number of rotatable bonds is 5. The second-order valence-electron chi connectivity index (χ2n) is 3.23. The Labute approximate surface area is 87.7 Å². The Morgan fingerprint density at radius 1 is 1.00 bits per heavy atom. The second kappa shape index (κ2) is 4.69. The zero-order valence-corrected chi connectivity index (χ0v) is 9.70. The first-order chi connectivity index (χ1) is 6.64. The van der Waals surface area contributed by atoms with Crippen LogP contribution >= 0.6 is 0 Å². The van der Waals surface area contributed by atoms with E-state index in [4.69, 9.17) is 0 Å². The smallest absolute Gasteiger partial charge is 0.257 e. The summed E-state index contributed by atoms with van der Waals surface area (Å²) in [4.78, 5) is 0. The molecule has 7 heteroatoms. The maximum atomic E-state index is 12.1. The van der Waals surface area contributed by atoms with E-state index in [0.717, 1.165) is 0 Å². The van der Waals surface area contributed by atoms with E-state index in [2.05, 4.69) is 4.18 Å². The lowest BCUT2D eigenvalue weighted by molar-refractivity contribution is -0.0670. The molecule has 92 valence electrons. The molecule has 0 amide bonds. The molecule has 0 N–H and O–H groups in total. The normalized spacial score (nSPS) is 14.3. The Kier molecular flexibility index (Phi) is 4.60. The molecule has 0 aromatic carbocycles. The number of hydrogen-bond donors (Lipinski definition) is 0. The van der Waals surface area contributed by atoms with Gasteiger partial charge in [0, 0.05) is 0 Å². The first-order valence-electron chi connectivity index (χ1n) is 4.66. The predicted octanol–water partition coefficient (Wildman–Crippen LogP) is 2.82. The van der Waals surface area contributed by atoms with Crippen LogP contribution in [0.15, 0.2) is 0 Å². The summed E-state index contributed by atoms with van der Waals surface area (Å²) < 4.78 is 62.1. The van der Waals surface area contributed by atoms with Crippen molar-refractivity contribution in [2.24, 2.45) is 0 Å². The molecular formula is C8H15F3O3S. The Morgan fingerprint density at radius 3 is 1.53 bits per heavy atom. The number of alkyl halides is 3.